The van der Waals surface area contributed by atoms with Crippen LogP contribution in [0.25, 0.3) is 0 Å². The summed E-state index contributed by atoms with van der Waals surface area (Å²) in [5.74, 6) is 0.522. The number of hydrogen-bond acceptors (Lipinski definition) is 3. The van der Waals surface area contributed by atoms with Gasteiger partial charge in [-0.1, -0.05) is 0 Å². The molecular formula is C5H9N5. The summed E-state index contributed by atoms with van der Waals surface area (Å²) >= 11 is 0. The van der Waals surface area contributed by atoms with Crippen molar-refractivity contribution in [1.29, 1.82) is 0 Å². The summed E-state index contributed by atoms with van der Waals surface area (Å²) in [5, 5.41) is 7.22. The highest BCUT2D eigenvalue weighted by Gasteiger charge is 1.86. The smallest absolute Gasteiger partial charge is 0.249 e. The summed E-state index contributed by atoms with van der Waals surface area (Å²) in [6.45, 7) is 0. The van der Waals surface area contributed by atoms with Crippen LogP contribution in [0, 0.1) is 0 Å². The highest BCUT2D eigenvalue weighted by atomic mass is 15.3. The zero-order chi connectivity index (χ0) is 7.40. The highest BCUT2D eigenvalue weighted by Crippen LogP contribution is 1.95. The van der Waals surface area contributed by atoms with Crippen LogP contribution in [0.1, 0.15) is 0 Å². The van der Waals surface area contributed by atoms with E-state index in [-0.39, 0.29) is 0 Å². The predicted octanol–water partition coefficient (Wildman–Crippen LogP) is 0.0261. The minimum Gasteiger partial charge on any atom is -0.369 e. The molecule has 1 N–H and O–H groups in total. The van der Waals surface area contributed by atoms with Crippen molar-refractivity contribution in [1.82, 2.24) is 20.1 Å². The van der Waals surface area contributed by atoms with Crippen LogP contribution in [-0.2, 0) is 0 Å². The maximum Gasteiger partial charge on any atom is 0.249 e. The fourth-order valence-electron chi connectivity index (χ4n) is 0.432. The summed E-state index contributed by atoms with van der Waals surface area (Å²) in [6, 6.07) is 0. The lowest BCUT2D eigenvalue weighted by molar-refractivity contribution is 0.642. The van der Waals surface area contributed by atoms with E-state index < -0.39 is 0 Å². The molecule has 0 saturated carbocycles. The lowest BCUT2D eigenvalue weighted by Crippen LogP contribution is -2.07. The number of aliphatic imine (C=N–C) groups is 1. The Hall–Kier alpha value is -1.39. The van der Waals surface area contributed by atoms with E-state index in [4.69, 9.17) is 0 Å². The molecule has 0 atom stereocenters. The molecule has 1 aromatic rings. The first-order valence-electron chi connectivity index (χ1n) is 2.85. The van der Waals surface area contributed by atoms with Gasteiger partial charge in [0.2, 0.25) is 5.95 Å². The van der Waals surface area contributed by atoms with Crippen LogP contribution in [0.3, 0.4) is 0 Å². The minimum absolute atomic E-state index is 0.522. The molecule has 1 aromatic heterocycles. The number of aromatic nitrogens is 3. The van der Waals surface area contributed by atoms with Gasteiger partial charge in [-0.25, -0.2) is 4.99 Å². The maximum absolute atomic E-state index is 3.94. The van der Waals surface area contributed by atoms with Crippen molar-refractivity contribution in [3.8, 4) is 0 Å². The van der Waals surface area contributed by atoms with Gasteiger partial charge in [-0.3, -0.25) is 0 Å². The first-order chi connectivity index (χ1) is 4.79. The summed E-state index contributed by atoms with van der Waals surface area (Å²) in [7, 11) is 3.78. The minimum atomic E-state index is 0.522. The predicted molar refractivity (Wildman–Crippen MR) is 38.2 cm³/mol. The molecule has 0 saturated heterocycles. The van der Waals surface area contributed by atoms with Gasteiger partial charge in [0.15, 0.2) is 0 Å². The van der Waals surface area contributed by atoms with E-state index in [0.29, 0.717) is 5.95 Å². The second kappa shape index (κ2) is 2.95. The first-order valence-corrected chi connectivity index (χ1v) is 2.85. The van der Waals surface area contributed by atoms with Crippen LogP contribution < -0.4 is 0 Å². The molecule has 0 radical (unpaired) electrons. The van der Waals surface area contributed by atoms with Gasteiger partial charge in [-0.2, -0.15) is 0 Å². The van der Waals surface area contributed by atoms with Crippen LogP contribution in [-0.4, -0.2) is 40.5 Å². The molecule has 1 heterocycles. The Kier molecular flexibility index (Phi) is 1.99. The Morgan fingerprint density at radius 1 is 1.70 bits per heavy atom. The molecule has 5 nitrogen and oxygen atoms in total. The molecule has 1 rings (SSSR count). The number of H-pyrrole nitrogens is 1. The lowest BCUT2D eigenvalue weighted by atomic mass is 10.9. The van der Waals surface area contributed by atoms with E-state index >= 15 is 0 Å². The molecule has 0 aromatic carbocycles. The third-order valence-electron chi connectivity index (χ3n) is 0.815. The van der Waals surface area contributed by atoms with Gasteiger partial charge in [0.1, 0.15) is 6.33 Å². The SMILES string of the molecule is CN(C)/C=N/c1nnc[nH]1. The van der Waals surface area contributed by atoms with Crippen molar-refractivity contribution < 1.29 is 0 Å². The molecule has 54 valence electrons. The third-order valence-corrected chi connectivity index (χ3v) is 0.815. The molecule has 0 fully saturated rings. The second-order valence-electron chi connectivity index (χ2n) is 2.02. The van der Waals surface area contributed by atoms with E-state index in [1.165, 1.54) is 6.33 Å². The Morgan fingerprint density at radius 3 is 3.00 bits per heavy atom. The van der Waals surface area contributed by atoms with Gasteiger partial charge < -0.3 is 9.88 Å². The van der Waals surface area contributed by atoms with Crippen LogP contribution >= 0.6 is 0 Å². The van der Waals surface area contributed by atoms with Crippen molar-refractivity contribution in [3.05, 3.63) is 6.33 Å². The van der Waals surface area contributed by atoms with Crippen LogP contribution in [0.5, 0.6) is 0 Å². The van der Waals surface area contributed by atoms with Crippen molar-refractivity contribution in [2.75, 3.05) is 14.1 Å². The third kappa shape index (κ3) is 1.85. The molecule has 0 unspecified atom stereocenters. The molecule has 10 heavy (non-hydrogen) atoms. The molecule has 5 heteroatoms. The zero-order valence-corrected chi connectivity index (χ0v) is 5.94. The van der Waals surface area contributed by atoms with Gasteiger partial charge in [0.25, 0.3) is 0 Å². The van der Waals surface area contributed by atoms with Crippen molar-refractivity contribution in [2.45, 2.75) is 0 Å². The van der Waals surface area contributed by atoms with E-state index in [2.05, 4.69) is 20.2 Å². The molecule has 0 aliphatic heterocycles. The summed E-state index contributed by atoms with van der Waals surface area (Å²) < 4.78 is 0. The Morgan fingerprint density at radius 2 is 2.50 bits per heavy atom. The second-order valence-corrected chi connectivity index (χ2v) is 2.02. The Bertz CT molecular complexity index is 200. The van der Waals surface area contributed by atoms with Crippen LogP contribution in [0.2, 0.25) is 0 Å². The maximum atomic E-state index is 3.94. The lowest BCUT2D eigenvalue weighted by Gasteiger charge is -1.99. The average molecular weight is 139 g/mol. The summed E-state index contributed by atoms with van der Waals surface area (Å²) in [6.07, 6.45) is 3.14. The van der Waals surface area contributed by atoms with Gasteiger partial charge in [-0.05, 0) is 0 Å². The van der Waals surface area contributed by atoms with E-state index in [9.17, 15) is 0 Å². The van der Waals surface area contributed by atoms with Crippen molar-refractivity contribution in [3.63, 3.8) is 0 Å². The molecule has 0 amide bonds. The number of hydrogen-bond donors (Lipinski definition) is 1. The number of aromatic amines is 1. The molecule has 0 aliphatic carbocycles. The van der Waals surface area contributed by atoms with Gasteiger partial charge >= 0.3 is 0 Å². The van der Waals surface area contributed by atoms with Gasteiger partial charge in [0.05, 0.1) is 6.34 Å². The first kappa shape index (κ1) is 6.73. The normalized spacial score (nSPS) is 10.6. The Labute approximate surface area is 58.8 Å². The standard InChI is InChI=1S/C5H9N5/c1-10(2)4-7-5-6-3-8-9-5/h3-4H,1-2H3,(H,6,8,9)/b7-4+. The van der Waals surface area contributed by atoms with E-state index in [1.807, 2.05) is 19.0 Å². The fourth-order valence-corrected chi connectivity index (χ4v) is 0.432. The summed E-state index contributed by atoms with van der Waals surface area (Å²) in [5.41, 5.74) is 0. The zero-order valence-electron chi connectivity index (χ0n) is 5.94. The average Bonchev–Trinajstić information content (AvgIpc) is 2.34. The molecule has 0 aliphatic rings. The number of nitrogens with one attached hydrogen (secondary N) is 1. The van der Waals surface area contributed by atoms with Gasteiger partial charge in [0, 0.05) is 14.1 Å². The number of nitrogens with zero attached hydrogens (tertiary/aromatic N) is 4. The van der Waals surface area contributed by atoms with E-state index in [1.54, 1.807) is 6.34 Å². The molecule has 0 bridgehead atoms. The topological polar surface area (TPSA) is 57.2 Å². The quantitative estimate of drug-likeness (QED) is 0.464. The van der Waals surface area contributed by atoms with Crippen molar-refractivity contribution >= 4 is 12.3 Å². The van der Waals surface area contributed by atoms with E-state index in [0.717, 1.165) is 0 Å². The molecule has 0 spiro atoms. The number of rotatable bonds is 2. The van der Waals surface area contributed by atoms with Crippen LogP contribution in [0.15, 0.2) is 11.3 Å². The van der Waals surface area contributed by atoms with Crippen LogP contribution in [0.4, 0.5) is 5.95 Å². The highest BCUT2D eigenvalue weighted by molar-refractivity contribution is 5.57. The summed E-state index contributed by atoms with van der Waals surface area (Å²) in [4.78, 5) is 8.51. The molecular weight excluding hydrogens is 130 g/mol. The van der Waals surface area contributed by atoms with Crippen molar-refractivity contribution in [2.24, 2.45) is 4.99 Å². The largest absolute Gasteiger partial charge is 0.369 e. The monoisotopic (exact) mass is 139 g/mol. The fraction of sp³-hybridized carbons (Fsp3) is 0.400. The van der Waals surface area contributed by atoms with Gasteiger partial charge in [-0.15, -0.1) is 10.2 Å². The Balaban J connectivity index is 2.55.